The maximum atomic E-state index is 13.4. The predicted molar refractivity (Wildman–Crippen MR) is 188 cm³/mol. The molecule has 0 aromatic heterocycles. The van der Waals surface area contributed by atoms with Gasteiger partial charge in [0.15, 0.2) is 11.6 Å². The first-order valence-electron chi connectivity index (χ1n) is 14.8. The average Bonchev–Trinajstić information content (AvgIpc) is 3.11. The van der Waals surface area contributed by atoms with E-state index in [9.17, 15) is 24.0 Å². The van der Waals surface area contributed by atoms with Gasteiger partial charge < -0.3 is 16.0 Å². The van der Waals surface area contributed by atoms with Crippen LogP contribution in [0.2, 0.25) is 5.02 Å². The maximum absolute atomic E-state index is 13.4. The van der Waals surface area contributed by atoms with Gasteiger partial charge in [0.1, 0.15) is 5.70 Å². The highest BCUT2D eigenvalue weighted by Crippen LogP contribution is 2.32. The summed E-state index contributed by atoms with van der Waals surface area (Å²) in [5.41, 5.74) is 2.84. The van der Waals surface area contributed by atoms with E-state index in [4.69, 9.17) is 11.6 Å². The highest BCUT2D eigenvalue weighted by molar-refractivity contribution is 8.00. The molecule has 0 heterocycles. The van der Waals surface area contributed by atoms with Gasteiger partial charge in [-0.05, 0) is 60.2 Å². The van der Waals surface area contributed by atoms with E-state index in [1.54, 1.807) is 127 Å². The molecular formula is C38H26ClN3O5S. The molecule has 0 spiro atoms. The number of halogens is 1. The Balaban J connectivity index is 1.13. The SMILES string of the molecule is O=C(CSc1cccc(NC(=O)/C(=C\c2ccc(Cl)cc2)NC(=O)c2ccccc2)c1)Nc1cccc2c1C(=O)c1ccccc1C2=O. The largest absolute Gasteiger partial charge is 0.325 e. The molecule has 0 bridgehead atoms. The number of amides is 3. The molecule has 3 amide bonds. The fraction of sp³-hybridized carbons (Fsp3) is 0.0263. The standard InChI is InChI=1S/C38H26ClN3O5S/c39-25-18-16-23(17-19-25)20-32(42-37(46)24-8-2-1-3-9-24)38(47)40-26-10-6-11-27(21-26)48-22-33(43)41-31-15-7-14-30-34(31)36(45)29-13-5-4-12-28(29)35(30)44/h1-21H,22H2,(H,40,47)(H,41,43)(H,42,46)/b32-20+. The summed E-state index contributed by atoms with van der Waals surface area (Å²) in [5.74, 6) is -1.97. The van der Waals surface area contributed by atoms with Crippen molar-refractivity contribution in [2.75, 3.05) is 16.4 Å². The molecular weight excluding hydrogens is 646 g/mol. The topological polar surface area (TPSA) is 121 Å². The van der Waals surface area contributed by atoms with Crippen LogP contribution in [0.25, 0.3) is 6.08 Å². The van der Waals surface area contributed by atoms with E-state index in [0.29, 0.717) is 37.9 Å². The molecule has 0 radical (unpaired) electrons. The van der Waals surface area contributed by atoms with Gasteiger partial charge in [0, 0.05) is 37.9 Å². The van der Waals surface area contributed by atoms with Gasteiger partial charge in [-0.1, -0.05) is 84.4 Å². The van der Waals surface area contributed by atoms with E-state index in [2.05, 4.69) is 16.0 Å². The Morgan fingerprint density at radius 1 is 0.688 bits per heavy atom. The van der Waals surface area contributed by atoms with E-state index in [1.165, 1.54) is 11.8 Å². The van der Waals surface area contributed by atoms with Crippen molar-refractivity contribution in [1.82, 2.24) is 5.32 Å². The average molecular weight is 672 g/mol. The molecule has 0 aliphatic heterocycles. The van der Waals surface area contributed by atoms with Crippen LogP contribution >= 0.6 is 23.4 Å². The molecule has 8 nitrogen and oxygen atoms in total. The fourth-order valence-corrected chi connectivity index (χ4v) is 6.00. The van der Waals surface area contributed by atoms with Crippen molar-refractivity contribution < 1.29 is 24.0 Å². The Bertz CT molecular complexity index is 2110. The number of hydrogen-bond donors (Lipinski definition) is 3. The quantitative estimate of drug-likeness (QED) is 0.110. The van der Waals surface area contributed by atoms with Crippen LogP contribution in [-0.2, 0) is 9.59 Å². The van der Waals surface area contributed by atoms with Crippen molar-refractivity contribution in [3.05, 3.63) is 165 Å². The number of benzene rings is 5. The summed E-state index contributed by atoms with van der Waals surface area (Å²) in [5, 5.41) is 8.84. The van der Waals surface area contributed by atoms with Crippen LogP contribution in [-0.4, -0.2) is 35.0 Å². The van der Waals surface area contributed by atoms with Gasteiger partial charge in [-0.15, -0.1) is 11.8 Å². The van der Waals surface area contributed by atoms with Gasteiger partial charge in [-0.3, -0.25) is 24.0 Å². The Hall–Kier alpha value is -5.77. The smallest absolute Gasteiger partial charge is 0.272 e. The third-order valence-corrected chi connectivity index (χ3v) is 8.64. The minimum atomic E-state index is -0.552. The van der Waals surface area contributed by atoms with Crippen LogP contribution in [0.1, 0.15) is 47.8 Å². The van der Waals surface area contributed by atoms with Gasteiger partial charge in [-0.25, -0.2) is 0 Å². The third kappa shape index (κ3) is 7.28. The van der Waals surface area contributed by atoms with Gasteiger partial charge in [-0.2, -0.15) is 0 Å². The number of hydrogen-bond acceptors (Lipinski definition) is 6. The lowest BCUT2D eigenvalue weighted by Crippen LogP contribution is -2.30. The van der Waals surface area contributed by atoms with Crippen molar-refractivity contribution in [2.24, 2.45) is 0 Å². The molecule has 48 heavy (non-hydrogen) atoms. The summed E-state index contributed by atoms with van der Waals surface area (Å²) < 4.78 is 0. The molecule has 0 unspecified atom stereocenters. The van der Waals surface area contributed by atoms with Gasteiger partial charge >= 0.3 is 0 Å². The maximum Gasteiger partial charge on any atom is 0.272 e. The summed E-state index contributed by atoms with van der Waals surface area (Å²) in [6.45, 7) is 0. The van der Waals surface area contributed by atoms with Crippen LogP contribution in [0.4, 0.5) is 11.4 Å². The molecule has 0 fully saturated rings. The lowest BCUT2D eigenvalue weighted by molar-refractivity contribution is -0.114. The summed E-state index contributed by atoms with van der Waals surface area (Å²) in [6, 6.07) is 33.7. The molecule has 0 saturated heterocycles. The second-order valence-electron chi connectivity index (χ2n) is 10.7. The Morgan fingerprint density at radius 3 is 2.10 bits per heavy atom. The lowest BCUT2D eigenvalue weighted by atomic mass is 9.83. The zero-order valence-electron chi connectivity index (χ0n) is 25.2. The number of carbonyl (C=O) groups is 5. The molecule has 6 rings (SSSR count). The predicted octanol–water partition coefficient (Wildman–Crippen LogP) is 7.26. The molecule has 1 aliphatic carbocycles. The number of nitrogens with one attached hydrogen (secondary N) is 3. The zero-order chi connectivity index (χ0) is 33.6. The number of carbonyl (C=O) groups excluding carboxylic acids is 5. The first-order valence-corrected chi connectivity index (χ1v) is 16.1. The molecule has 1 aliphatic rings. The number of anilines is 2. The van der Waals surface area contributed by atoms with E-state index in [-0.39, 0.29) is 45.7 Å². The number of fused-ring (bicyclic) bond motifs is 2. The summed E-state index contributed by atoms with van der Waals surface area (Å²) in [6.07, 6.45) is 1.55. The van der Waals surface area contributed by atoms with Crippen LogP contribution in [0.3, 0.4) is 0 Å². The van der Waals surface area contributed by atoms with Crippen LogP contribution in [0.15, 0.2) is 132 Å². The summed E-state index contributed by atoms with van der Waals surface area (Å²) in [4.78, 5) is 66.4. The molecule has 3 N–H and O–H groups in total. The number of rotatable bonds is 9. The summed E-state index contributed by atoms with van der Waals surface area (Å²) in [7, 11) is 0. The van der Waals surface area contributed by atoms with Crippen molar-refractivity contribution in [1.29, 1.82) is 0 Å². The minimum absolute atomic E-state index is 0.00531. The molecule has 10 heteroatoms. The first-order chi connectivity index (χ1) is 23.3. The van der Waals surface area contributed by atoms with Crippen molar-refractivity contribution in [3.8, 4) is 0 Å². The van der Waals surface area contributed by atoms with Gasteiger partial charge in [0.05, 0.1) is 17.0 Å². The highest BCUT2D eigenvalue weighted by atomic mass is 35.5. The molecule has 236 valence electrons. The fourth-order valence-electron chi connectivity index (χ4n) is 5.11. The molecule has 0 saturated carbocycles. The normalized spacial score (nSPS) is 12.1. The number of ketones is 2. The van der Waals surface area contributed by atoms with Crippen molar-refractivity contribution in [2.45, 2.75) is 4.90 Å². The summed E-state index contributed by atoms with van der Waals surface area (Å²) >= 11 is 7.24. The molecule has 5 aromatic rings. The van der Waals surface area contributed by atoms with E-state index >= 15 is 0 Å². The van der Waals surface area contributed by atoms with E-state index < -0.39 is 11.8 Å². The van der Waals surface area contributed by atoms with Crippen LogP contribution in [0, 0.1) is 0 Å². The molecule has 0 atom stereocenters. The van der Waals surface area contributed by atoms with Gasteiger partial charge in [0.2, 0.25) is 5.91 Å². The van der Waals surface area contributed by atoms with Crippen molar-refractivity contribution in [3.63, 3.8) is 0 Å². The lowest BCUT2D eigenvalue weighted by Gasteiger charge is -2.20. The minimum Gasteiger partial charge on any atom is -0.325 e. The van der Waals surface area contributed by atoms with E-state index in [1.807, 2.05) is 0 Å². The second kappa shape index (κ2) is 14.3. The monoisotopic (exact) mass is 671 g/mol. The highest BCUT2D eigenvalue weighted by Gasteiger charge is 2.31. The van der Waals surface area contributed by atoms with Crippen molar-refractivity contribution >= 4 is 70.1 Å². The van der Waals surface area contributed by atoms with E-state index in [0.717, 1.165) is 0 Å². The molecule has 5 aromatic carbocycles. The number of thioether (sulfide) groups is 1. The Labute approximate surface area is 285 Å². The Kier molecular flexibility index (Phi) is 9.61. The van der Waals surface area contributed by atoms with Gasteiger partial charge in [0.25, 0.3) is 11.8 Å². The first kappa shape index (κ1) is 32.2. The van der Waals surface area contributed by atoms with Crippen LogP contribution < -0.4 is 16.0 Å². The zero-order valence-corrected chi connectivity index (χ0v) is 26.7. The van der Waals surface area contributed by atoms with Crippen LogP contribution in [0.5, 0.6) is 0 Å². The third-order valence-electron chi connectivity index (χ3n) is 7.40. The second-order valence-corrected chi connectivity index (χ2v) is 12.2. The Morgan fingerprint density at radius 2 is 1.35 bits per heavy atom.